The zero-order valence-corrected chi connectivity index (χ0v) is 17.4. The Bertz CT molecular complexity index is 1510. The summed E-state index contributed by atoms with van der Waals surface area (Å²) in [6.45, 7) is 0. The van der Waals surface area contributed by atoms with Crippen molar-refractivity contribution in [1.29, 1.82) is 0 Å². The molecule has 0 radical (unpaired) electrons. The Hall–Kier alpha value is -4.78. The van der Waals surface area contributed by atoms with Crippen LogP contribution >= 0.6 is 0 Å². The van der Waals surface area contributed by atoms with Crippen LogP contribution in [0.25, 0.3) is 45.1 Å². The third-order valence-electron chi connectivity index (χ3n) is 5.22. The number of fused-ring (bicyclic) bond motifs is 2. The van der Waals surface area contributed by atoms with E-state index < -0.39 is 0 Å². The van der Waals surface area contributed by atoms with Gasteiger partial charge in [-0.25, -0.2) is 9.97 Å². The summed E-state index contributed by atoms with van der Waals surface area (Å²) in [6, 6.07) is 25.8. The van der Waals surface area contributed by atoms with Crippen molar-refractivity contribution in [3.63, 3.8) is 0 Å². The highest BCUT2D eigenvalue weighted by Gasteiger charge is 2.12. The molecule has 6 aromatic rings. The molecule has 0 fully saturated rings. The van der Waals surface area contributed by atoms with Crippen molar-refractivity contribution < 1.29 is 13.6 Å². The van der Waals surface area contributed by atoms with Crippen LogP contribution in [0.4, 0.5) is 11.4 Å². The molecule has 0 spiro atoms. The molecule has 0 aliphatic rings. The average molecular weight is 434 g/mol. The number of nitrogens with zero attached hydrogens (tertiary/aromatic N) is 2. The first kappa shape index (κ1) is 18.9. The van der Waals surface area contributed by atoms with Crippen molar-refractivity contribution in [2.24, 2.45) is 0 Å². The normalized spacial score (nSPS) is 11.3. The molecule has 4 aromatic carbocycles. The molecular weight excluding hydrogens is 416 g/mol. The van der Waals surface area contributed by atoms with Gasteiger partial charge in [0.05, 0.1) is 0 Å². The Morgan fingerprint density at radius 1 is 0.576 bits per heavy atom. The molecule has 7 heteroatoms. The van der Waals surface area contributed by atoms with E-state index in [1.54, 1.807) is 0 Å². The molecule has 0 amide bonds. The van der Waals surface area contributed by atoms with Gasteiger partial charge in [0.25, 0.3) is 0 Å². The second-order valence-corrected chi connectivity index (χ2v) is 7.65. The maximum absolute atomic E-state index is 6.06. The number of nitrogens with two attached hydrogens (primary N) is 2. The van der Waals surface area contributed by atoms with Crippen molar-refractivity contribution >= 4 is 33.6 Å². The first-order chi connectivity index (χ1) is 16.1. The first-order valence-corrected chi connectivity index (χ1v) is 10.3. The number of benzene rings is 4. The molecule has 4 N–H and O–H groups in total. The molecule has 0 aliphatic carbocycles. The number of ether oxygens (including phenoxy) is 1. The number of rotatable bonds is 4. The first-order valence-electron chi connectivity index (χ1n) is 10.3. The summed E-state index contributed by atoms with van der Waals surface area (Å²) >= 11 is 0. The zero-order chi connectivity index (χ0) is 22.4. The second kappa shape index (κ2) is 7.42. The van der Waals surface area contributed by atoms with Gasteiger partial charge in [-0.15, -0.1) is 0 Å². The van der Waals surface area contributed by atoms with Crippen LogP contribution in [0.3, 0.4) is 0 Å². The van der Waals surface area contributed by atoms with Gasteiger partial charge in [-0.05, 0) is 60.7 Å². The van der Waals surface area contributed by atoms with Crippen LogP contribution in [0.15, 0.2) is 93.8 Å². The minimum Gasteiger partial charge on any atom is -0.457 e. The number of oxazole rings is 2. The SMILES string of the molecule is Nc1cccc(-c2nc3cc(Oc4ccc5oc(-c6cccc(N)c6)nc5c4)ccc3o2)c1. The Kier molecular flexibility index (Phi) is 4.26. The smallest absolute Gasteiger partial charge is 0.227 e. The standard InChI is InChI=1S/C26H18N4O3/c27-17-5-1-3-15(11-17)25-29-21-13-19(7-9-23(21)32-25)31-20-8-10-24-22(14-20)30-26(33-24)16-4-2-6-18(28)12-16/h1-14H,27-28H2. The van der Waals surface area contributed by atoms with Crippen LogP contribution < -0.4 is 16.2 Å². The van der Waals surface area contributed by atoms with Crippen molar-refractivity contribution in [3.8, 4) is 34.4 Å². The average Bonchev–Trinajstić information content (AvgIpc) is 3.43. The summed E-state index contributed by atoms with van der Waals surface area (Å²) in [5.41, 5.74) is 17.4. The molecule has 0 atom stereocenters. The summed E-state index contributed by atoms with van der Waals surface area (Å²) in [6.07, 6.45) is 0. The third kappa shape index (κ3) is 3.61. The zero-order valence-electron chi connectivity index (χ0n) is 17.4. The number of nitrogen functional groups attached to an aromatic ring is 2. The van der Waals surface area contributed by atoms with E-state index in [0.29, 0.717) is 56.9 Å². The molecule has 2 heterocycles. The van der Waals surface area contributed by atoms with Crippen molar-refractivity contribution in [2.45, 2.75) is 0 Å². The minimum atomic E-state index is 0.507. The molecule has 160 valence electrons. The number of anilines is 2. The van der Waals surface area contributed by atoms with Crippen LogP contribution in [0, 0.1) is 0 Å². The predicted octanol–water partition coefficient (Wildman–Crippen LogP) is 6.26. The number of aromatic nitrogens is 2. The summed E-state index contributed by atoms with van der Waals surface area (Å²) in [4.78, 5) is 9.16. The van der Waals surface area contributed by atoms with Gasteiger partial charge in [0.1, 0.15) is 22.5 Å². The lowest BCUT2D eigenvalue weighted by atomic mass is 10.2. The van der Waals surface area contributed by atoms with E-state index in [2.05, 4.69) is 9.97 Å². The molecular formula is C26H18N4O3. The number of hydrogen-bond acceptors (Lipinski definition) is 7. The van der Waals surface area contributed by atoms with Crippen molar-refractivity contribution in [2.75, 3.05) is 11.5 Å². The van der Waals surface area contributed by atoms with E-state index >= 15 is 0 Å². The highest BCUT2D eigenvalue weighted by Crippen LogP contribution is 2.32. The van der Waals surface area contributed by atoms with Gasteiger partial charge in [0.2, 0.25) is 11.8 Å². The molecule has 0 saturated carbocycles. The summed E-state index contributed by atoms with van der Waals surface area (Å²) < 4.78 is 17.8. The van der Waals surface area contributed by atoms with Crippen LogP contribution in [0.2, 0.25) is 0 Å². The van der Waals surface area contributed by atoms with E-state index in [0.717, 1.165) is 11.1 Å². The van der Waals surface area contributed by atoms with E-state index in [1.807, 2.05) is 84.9 Å². The van der Waals surface area contributed by atoms with Gasteiger partial charge in [0, 0.05) is 34.6 Å². The van der Waals surface area contributed by atoms with Gasteiger partial charge < -0.3 is 25.0 Å². The van der Waals surface area contributed by atoms with Gasteiger partial charge >= 0.3 is 0 Å². The lowest BCUT2D eigenvalue weighted by Crippen LogP contribution is -1.85. The molecule has 0 bridgehead atoms. The van der Waals surface area contributed by atoms with Crippen molar-refractivity contribution in [3.05, 3.63) is 84.9 Å². The summed E-state index contributed by atoms with van der Waals surface area (Å²) in [5, 5.41) is 0. The van der Waals surface area contributed by atoms with E-state index in [1.165, 1.54) is 0 Å². The lowest BCUT2D eigenvalue weighted by Gasteiger charge is -2.04. The van der Waals surface area contributed by atoms with Gasteiger partial charge in [-0.2, -0.15) is 0 Å². The van der Waals surface area contributed by atoms with Crippen LogP contribution in [0.1, 0.15) is 0 Å². The molecule has 33 heavy (non-hydrogen) atoms. The maximum Gasteiger partial charge on any atom is 0.227 e. The fourth-order valence-electron chi connectivity index (χ4n) is 3.67. The lowest BCUT2D eigenvalue weighted by molar-refractivity contribution is 0.483. The summed E-state index contributed by atoms with van der Waals surface area (Å²) in [5.74, 6) is 2.28. The van der Waals surface area contributed by atoms with E-state index in [9.17, 15) is 0 Å². The van der Waals surface area contributed by atoms with E-state index in [4.69, 9.17) is 25.0 Å². The predicted molar refractivity (Wildman–Crippen MR) is 128 cm³/mol. The minimum absolute atomic E-state index is 0.507. The molecule has 6 rings (SSSR count). The second-order valence-electron chi connectivity index (χ2n) is 7.65. The van der Waals surface area contributed by atoms with Crippen LogP contribution in [-0.2, 0) is 0 Å². The van der Waals surface area contributed by atoms with Crippen molar-refractivity contribution in [1.82, 2.24) is 9.97 Å². The largest absolute Gasteiger partial charge is 0.457 e. The van der Waals surface area contributed by atoms with E-state index in [-0.39, 0.29) is 0 Å². The topological polar surface area (TPSA) is 113 Å². The molecule has 0 saturated heterocycles. The monoisotopic (exact) mass is 434 g/mol. The highest BCUT2D eigenvalue weighted by atomic mass is 16.5. The Labute approximate surface area is 188 Å². The fourth-order valence-corrected chi connectivity index (χ4v) is 3.67. The Morgan fingerprint density at radius 2 is 1.06 bits per heavy atom. The maximum atomic E-state index is 6.06. The quantitative estimate of drug-likeness (QED) is 0.315. The van der Waals surface area contributed by atoms with Crippen LogP contribution in [0.5, 0.6) is 11.5 Å². The van der Waals surface area contributed by atoms with Crippen LogP contribution in [-0.4, -0.2) is 9.97 Å². The van der Waals surface area contributed by atoms with Gasteiger partial charge in [-0.1, -0.05) is 12.1 Å². The fraction of sp³-hybridized carbons (Fsp3) is 0. The molecule has 2 aromatic heterocycles. The Morgan fingerprint density at radius 3 is 1.52 bits per heavy atom. The summed E-state index contributed by atoms with van der Waals surface area (Å²) in [7, 11) is 0. The highest BCUT2D eigenvalue weighted by molar-refractivity contribution is 5.80. The third-order valence-corrected chi connectivity index (χ3v) is 5.22. The van der Waals surface area contributed by atoms with Gasteiger partial charge in [0.15, 0.2) is 11.2 Å². The molecule has 0 aliphatic heterocycles. The molecule has 7 nitrogen and oxygen atoms in total. The Balaban J connectivity index is 1.29. The molecule has 0 unspecified atom stereocenters. The van der Waals surface area contributed by atoms with Gasteiger partial charge in [-0.3, -0.25) is 0 Å². The number of hydrogen-bond donors (Lipinski definition) is 2.